The molecule has 1 amide bonds. The van der Waals surface area contributed by atoms with Crippen molar-refractivity contribution in [3.8, 4) is 0 Å². The van der Waals surface area contributed by atoms with Crippen LogP contribution >= 0.6 is 0 Å². The number of amides is 1. The first-order valence-corrected chi connectivity index (χ1v) is 9.09. The van der Waals surface area contributed by atoms with E-state index in [4.69, 9.17) is 4.74 Å². The van der Waals surface area contributed by atoms with Gasteiger partial charge < -0.3 is 9.64 Å². The third kappa shape index (κ3) is 4.35. The Morgan fingerprint density at radius 1 is 1.17 bits per heavy atom. The number of nitrogens with zero attached hydrogens (tertiary/aromatic N) is 1. The lowest BCUT2D eigenvalue weighted by molar-refractivity contribution is -0.159. The zero-order valence-electron chi connectivity index (χ0n) is 15.0. The molecule has 2 rings (SSSR count). The highest BCUT2D eigenvalue weighted by atomic mass is 16.5. The summed E-state index contributed by atoms with van der Waals surface area (Å²) in [6.45, 7) is 9.21. The smallest absolute Gasteiger partial charge is 0.226 e. The van der Waals surface area contributed by atoms with Crippen molar-refractivity contribution in [1.29, 1.82) is 0 Å². The molecule has 0 N–H and O–H groups in total. The molecule has 1 aliphatic rings. The molecule has 1 aromatic carbocycles. The average Bonchev–Trinajstić information content (AvgIpc) is 2.56. The van der Waals surface area contributed by atoms with Gasteiger partial charge in [-0.15, -0.1) is 0 Å². The van der Waals surface area contributed by atoms with E-state index < -0.39 is 0 Å². The summed E-state index contributed by atoms with van der Waals surface area (Å²) >= 11 is 0. The number of carbonyl (C=O) groups excluding carboxylic acids is 1. The van der Waals surface area contributed by atoms with Crippen LogP contribution < -0.4 is 0 Å². The van der Waals surface area contributed by atoms with E-state index in [1.54, 1.807) is 0 Å². The summed E-state index contributed by atoms with van der Waals surface area (Å²) in [4.78, 5) is 15.2. The van der Waals surface area contributed by atoms with E-state index in [0.717, 1.165) is 31.2 Å². The van der Waals surface area contributed by atoms with Crippen LogP contribution in [0.1, 0.15) is 65.0 Å². The zero-order chi connectivity index (χ0) is 16.8. The van der Waals surface area contributed by atoms with Crippen molar-refractivity contribution in [3.05, 3.63) is 35.9 Å². The Kier molecular flexibility index (Phi) is 6.64. The van der Waals surface area contributed by atoms with Gasteiger partial charge in [-0.3, -0.25) is 4.79 Å². The summed E-state index contributed by atoms with van der Waals surface area (Å²) in [7, 11) is 0. The highest BCUT2D eigenvalue weighted by molar-refractivity contribution is 5.79. The summed E-state index contributed by atoms with van der Waals surface area (Å²) in [6, 6.07) is 10.4. The van der Waals surface area contributed by atoms with E-state index in [0.29, 0.717) is 12.5 Å². The zero-order valence-corrected chi connectivity index (χ0v) is 15.0. The highest BCUT2D eigenvalue weighted by Gasteiger charge is 2.37. The van der Waals surface area contributed by atoms with Crippen LogP contribution in [0.25, 0.3) is 0 Å². The quantitative estimate of drug-likeness (QED) is 0.768. The minimum atomic E-state index is -0.0344. The molecule has 0 saturated carbocycles. The fourth-order valence-corrected chi connectivity index (χ4v) is 3.63. The molecule has 3 heteroatoms. The molecule has 128 valence electrons. The Labute approximate surface area is 141 Å². The molecule has 0 radical (unpaired) electrons. The van der Waals surface area contributed by atoms with Crippen LogP contribution in [-0.2, 0) is 9.53 Å². The van der Waals surface area contributed by atoms with Crippen molar-refractivity contribution >= 4 is 5.91 Å². The van der Waals surface area contributed by atoms with Gasteiger partial charge in [0.2, 0.25) is 5.91 Å². The molecule has 0 bridgehead atoms. The van der Waals surface area contributed by atoms with Gasteiger partial charge in [-0.1, -0.05) is 57.0 Å². The Morgan fingerprint density at radius 3 is 2.35 bits per heavy atom. The predicted molar refractivity (Wildman–Crippen MR) is 94.2 cm³/mol. The molecular formula is C20H31NO2. The Balaban J connectivity index is 2.18. The maximum Gasteiger partial charge on any atom is 0.226 e. The maximum absolute atomic E-state index is 13.1. The molecule has 1 aliphatic heterocycles. The molecule has 1 saturated heterocycles. The van der Waals surface area contributed by atoms with Crippen LogP contribution in [0.2, 0.25) is 0 Å². The first-order valence-electron chi connectivity index (χ1n) is 9.09. The summed E-state index contributed by atoms with van der Waals surface area (Å²) in [5.74, 6) is 0.478. The van der Waals surface area contributed by atoms with Gasteiger partial charge >= 0.3 is 0 Å². The molecule has 3 atom stereocenters. The lowest BCUT2D eigenvalue weighted by Gasteiger charge is -2.44. The van der Waals surface area contributed by atoms with Gasteiger partial charge in [0.05, 0.1) is 12.1 Å². The van der Waals surface area contributed by atoms with Crippen LogP contribution in [0.3, 0.4) is 0 Å². The normalized spacial score (nSPS) is 24.9. The molecule has 3 unspecified atom stereocenters. The third-order valence-corrected chi connectivity index (χ3v) is 4.80. The van der Waals surface area contributed by atoms with Crippen LogP contribution in [0, 0.1) is 5.92 Å². The number of benzene rings is 1. The number of hydrogen-bond donors (Lipinski definition) is 0. The average molecular weight is 317 g/mol. The second-order valence-electron chi connectivity index (χ2n) is 6.78. The molecule has 3 nitrogen and oxygen atoms in total. The SMILES string of the molecule is CCCC(CCC)C(=O)N1CC(C)OC(c2ccccc2)C1C. The lowest BCUT2D eigenvalue weighted by Crippen LogP contribution is -2.53. The molecule has 0 aromatic heterocycles. The Hall–Kier alpha value is -1.35. The van der Waals surface area contributed by atoms with Gasteiger partial charge in [-0.05, 0) is 32.3 Å². The van der Waals surface area contributed by atoms with Crippen LogP contribution in [0.4, 0.5) is 0 Å². The number of carbonyl (C=O) groups is 1. The molecule has 1 fully saturated rings. The summed E-state index contributed by atoms with van der Waals surface area (Å²) in [6.07, 6.45) is 4.14. The largest absolute Gasteiger partial charge is 0.367 e. The van der Waals surface area contributed by atoms with Crippen LogP contribution in [0.5, 0.6) is 0 Å². The van der Waals surface area contributed by atoms with Crippen molar-refractivity contribution in [3.63, 3.8) is 0 Å². The van der Waals surface area contributed by atoms with E-state index in [9.17, 15) is 4.79 Å². The molecule has 0 spiro atoms. The van der Waals surface area contributed by atoms with Gasteiger partial charge in [0.15, 0.2) is 0 Å². The van der Waals surface area contributed by atoms with E-state index in [1.807, 2.05) is 18.2 Å². The first-order chi connectivity index (χ1) is 11.1. The van der Waals surface area contributed by atoms with Crippen LogP contribution in [0.15, 0.2) is 30.3 Å². The second kappa shape index (κ2) is 8.49. The first kappa shape index (κ1) is 18.0. The van der Waals surface area contributed by atoms with Gasteiger partial charge in [0, 0.05) is 12.5 Å². The monoisotopic (exact) mass is 317 g/mol. The van der Waals surface area contributed by atoms with Gasteiger partial charge in [-0.25, -0.2) is 0 Å². The Morgan fingerprint density at radius 2 is 1.78 bits per heavy atom. The predicted octanol–water partition coefficient (Wildman–Crippen LogP) is 4.58. The lowest BCUT2D eigenvalue weighted by atomic mass is 9.93. The summed E-state index contributed by atoms with van der Waals surface area (Å²) in [5, 5.41) is 0. The van der Waals surface area contributed by atoms with Crippen molar-refractivity contribution in [2.24, 2.45) is 5.92 Å². The maximum atomic E-state index is 13.1. The standard InChI is InChI=1S/C20H31NO2/c1-5-10-18(11-6-2)20(22)21-14-15(3)23-19(16(21)4)17-12-8-7-9-13-17/h7-9,12-13,15-16,18-19H,5-6,10-11,14H2,1-4H3. The number of rotatable bonds is 6. The van der Waals surface area contributed by atoms with Crippen molar-refractivity contribution in [2.45, 2.75) is 71.6 Å². The fourth-order valence-electron chi connectivity index (χ4n) is 3.63. The summed E-state index contributed by atoms with van der Waals surface area (Å²) in [5.41, 5.74) is 1.16. The molecule has 23 heavy (non-hydrogen) atoms. The number of morpholine rings is 1. The highest BCUT2D eigenvalue weighted by Crippen LogP contribution is 2.32. The van der Waals surface area contributed by atoms with E-state index in [2.05, 4.69) is 44.7 Å². The van der Waals surface area contributed by atoms with Gasteiger partial charge in [-0.2, -0.15) is 0 Å². The Bertz CT molecular complexity index is 482. The third-order valence-electron chi connectivity index (χ3n) is 4.80. The van der Waals surface area contributed by atoms with Gasteiger partial charge in [0.1, 0.15) is 6.10 Å². The molecule has 1 heterocycles. The van der Waals surface area contributed by atoms with E-state index >= 15 is 0 Å². The minimum Gasteiger partial charge on any atom is -0.367 e. The van der Waals surface area contributed by atoms with Crippen LogP contribution in [-0.4, -0.2) is 29.5 Å². The molecular weight excluding hydrogens is 286 g/mol. The van der Waals surface area contributed by atoms with Gasteiger partial charge in [0.25, 0.3) is 0 Å². The number of ether oxygens (including phenoxy) is 1. The molecule has 0 aliphatic carbocycles. The topological polar surface area (TPSA) is 29.5 Å². The second-order valence-corrected chi connectivity index (χ2v) is 6.78. The fraction of sp³-hybridized carbons (Fsp3) is 0.650. The molecule has 1 aromatic rings. The van der Waals surface area contributed by atoms with E-state index in [-0.39, 0.29) is 24.2 Å². The van der Waals surface area contributed by atoms with Crippen molar-refractivity contribution < 1.29 is 9.53 Å². The number of hydrogen-bond acceptors (Lipinski definition) is 2. The van der Waals surface area contributed by atoms with Crippen molar-refractivity contribution in [1.82, 2.24) is 4.90 Å². The summed E-state index contributed by atoms with van der Waals surface area (Å²) < 4.78 is 6.17. The van der Waals surface area contributed by atoms with Crippen molar-refractivity contribution in [2.75, 3.05) is 6.54 Å². The minimum absolute atomic E-state index is 0.0344. The van der Waals surface area contributed by atoms with E-state index in [1.165, 1.54) is 0 Å².